The molecule has 2 aliphatic rings. The van der Waals surface area contributed by atoms with Crippen LogP contribution >= 0.6 is 0 Å². The van der Waals surface area contributed by atoms with Gasteiger partial charge in [-0.15, -0.1) is 0 Å². The molecule has 0 spiro atoms. The molecule has 0 aromatic heterocycles. The molecular formula is C23H16N2O3. The maximum Gasteiger partial charge on any atom is 0.341 e. The van der Waals surface area contributed by atoms with Gasteiger partial charge in [-0.25, -0.2) is 14.8 Å². The fraction of sp³-hybridized carbons (Fsp3) is 0.0435. The van der Waals surface area contributed by atoms with Crippen LogP contribution in [0, 0.1) is 0 Å². The van der Waals surface area contributed by atoms with E-state index in [2.05, 4.69) is 0 Å². The van der Waals surface area contributed by atoms with Crippen molar-refractivity contribution in [3.8, 4) is 0 Å². The molecule has 5 nitrogen and oxygen atoms in total. The summed E-state index contributed by atoms with van der Waals surface area (Å²) in [5, 5.41) is 0. The summed E-state index contributed by atoms with van der Waals surface area (Å²) in [6.45, 7) is 0. The van der Waals surface area contributed by atoms with Crippen molar-refractivity contribution >= 4 is 23.2 Å². The highest BCUT2D eigenvalue weighted by Crippen LogP contribution is 2.26. The van der Waals surface area contributed by atoms with Gasteiger partial charge in [0.15, 0.2) is 11.6 Å². The van der Waals surface area contributed by atoms with Crippen LogP contribution in [0.1, 0.15) is 11.1 Å². The summed E-state index contributed by atoms with van der Waals surface area (Å²) in [7, 11) is 1.24. The van der Waals surface area contributed by atoms with Gasteiger partial charge in [-0.3, -0.25) is 4.79 Å². The number of nitrogens with zero attached hydrogens (tertiary/aromatic N) is 2. The maximum atomic E-state index is 12.0. The Kier molecular flexibility index (Phi) is 4.64. The molecule has 136 valence electrons. The molecule has 0 saturated carbocycles. The maximum absolute atomic E-state index is 12.0. The van der Waals surface area contributed by atoms with E-state index >= 15 is 0 Å². The summed E-state index contributed by atoms with van der Waals surface area (Å²) < 4.78 is 4.70. The average Bonchev–Trinajstić information content (AvgIpc) is 3.20. The van der Waals surface area contributed by atoms with Crippen LogP contribution in [0.4, 0.5) is 0 Å². The third kappa shape index (κ3) is 3.25. The van der Waals surface area contributed by atoms with E-state index in [4.69, 9.17) is 14.7 Å². The number of carbonyl (C=O) groups is 2. The number of allylic oxidation sites excluding steroid dienone is 4. The van der Waals surface area contributed by atoms with E-state index in [0.29, 0.717) is 11.4 Å². The Bertz CT molecular complexity index is 1050. The van der Waals surface area contributed by atoms with Crippen LogP contribution in [0.25, 0.3) is 0 Å². The fourth-order valence-electron chi connectivity index (χ4n) is 3.00. The van der Waals surface area contributed by atoms with E-state index in [1.165, 1.54) is 19.3 Å². The third-order valence-corrected chi connectivity index (χ3v) is 4.40. The summed E-state index contributed by atoms with van der Waals surface area (Å²) in [6, 6.07) is 19.6. The minimum absolute atomic E-state index is 0.0349. The standard InChI is InChI=1S/C23H16N2O3/c1-28-23(27)18-14-17(12-13-19(18)26)22-24-20(15-8-4-2-5-9-15)21(25-22)16-10-6-3-7-11-16/h2-14H,1H3. The first-order chi connectivity index (χ1) is 13.7. The molecule has 1 heterocycles. The minimum atomic E-state index is -0.676. The number of hydrogen-bond donors (Lipinski definition) is 0. The lowest BCUT2D eigenvalue weighted by Crippen LogP contribution is -2.15. The van der Waals surface area contributed by atoms with Gasteiger partial charge in [-0.2, -0.15) is 0 Å². The second-order valence-corrected chi connectivity index (χ2v) is 6.18. The van der Waals surface area contributed by atoms with Crippen molar-refractivity contribution in [3.63, 3.8) is 0 Å². The lowest BCUT2D eigenvalue weighted by atomic mass is 10.0. The highest BCUT2D eigenvalue weighted by atomic mass is 16.5. The molecule has 0 atom stereocenters. The SMILES string of the molecule is COC(=O)C1=CC(=C2N=C(c3ccccc3)C(c3ccccc3)=N2)C=CC1=O. The Morgan fingerprint density at radius 2 is 1.36 bits per heavy atom. The van der Waals surface area contributed by atoms with Crippen molar-refractivity contribution in [2.45, 2.75) is 0 Å². The summed E-state index contributed by atoms with van der Waals surface area (Å²) in [6.07, 6.45) is 4.43. The van der Waals surface area contributed by atoms with Crippen LogP contribution in [0.2, 0.25) is 0 Å². The highest BCUT2D eigenvalue weighted by Gasteiger charge is 2.25. The zero-order chi connectivity index (χ0) is 19.5. The van der Waals surface area contributed by atoms with Gasteiger partial charge in [0.25, 0.3) is 0 Å². The van der Waals surface area contributed by atoms with Gasteiger partial charge in [0, 0.05) is 16.7 Å². The van der Waals surface area contributed by atoms with Gasteiger partial charge in [0.05, 0.1) is 18.5 Å². The lowest BCUT2D eigenvalue weighted by molar-refractivity contribution is -0.137. The number of methoxy groups -OCH3 is 1. The van der Waals surface area contributed by atoms with Gasteiger partial charge in [-0.1, -0.05) is 60.7 Å². The van der Waals surface area contributed by atoms with Gasteiger partial charge in [-0.05, 0) is 18.2 Å². The van der Waals surface area contributed by atoms with Crippen LogP contribution in [0.15, 0.2) is 106 Å². The number of esters is 1. The number of carbonyl (C=O) groups excluding carboxylic acids is 2. The van der Waals surface area contributed by atoms with Crippen molar-refractivity contribution in [3.05, 3.63) is 107 Å². The summed E-state index contributed by atoms with van der Waals surface area (Å²) >= 11 is 0. The summed E-state index contributed by atoms with van der Waals surface area (Å²) in [5.41, 5.74) is 3.91. The molecular weight excluding hydrogens is 352 g/mol. The average molecular weight is 368 g/mol. The Labute approximate surface area is 162 Å². The van der Waals surface area contributed by atoms with Crippen LogP contribution in [-0.4, -0.2) is 30.3 Å². The fourth-order valence-corrected chi connectivity index (χ4v) is 3.00. The van der Waals surface area contributed by atoms with Gasteiger partial charge < -0.3 is 4.74 Å². The van der Waals surface area contributed by atoms with E-state index < -0.39 is 11.8 Å². The van der Waals surface area contributed by atoms with E-state index in [1.54, 1.807) is 6.08 Å². The number of aliphatic imine (C=N–C) groups is 2. The molecule has 0 fully saturated rings. The van der Waals surface area contributed by atoms with E-state index in [1.807, 2.05) is 60.7 Å². The first kappa shape index (κ1) is 17.5. The molecule has 2 aromatic carbocycles. The number of hydrogen-bond acceptors (Lipinski definition) is 5. The van der Waals surface area contributed by atoms with Crippen molar-refractivity contribution in [2.75, 3.05) is 7.11 Å². The number of ether oxygens (including phenoxy) is 1. The molecule has 28 heavy (non-hydrogen) atoms. The number of benzene rings is 2. The second-order valence-electron chi connectivity index (χ2n) is 6.18. The molecule has 0 radical (unpaired) electrons. The predicted molar refractivity (Wildman–Crippen MR) is 107 cm³/mol. The second kappa shape index (κ2) is 7.40. The Morgan fingerprint density at radius 1 is 0.821 bits per heavy atom. The Balaban J connectivity index is 1.87. The van der Waals surface area contributed by atoms with E-state index in [-0.39, 0.29) is 5.57 Å². The van der Waals surface area contributed by atoms with E-state index in [9.17, 15) is 9.59 Å². The van der Waals surface area contributed by atoms with Gasteiger partial charge in [0.2, 0.25) is 0 Å². The number of ketones is 1. The number of rotatable bonds is 3. The van der Waals surface area contributed by atoms with Crippen LogP contribution in [0.5, 0.6) is 0 Å². The van der Waals surface area contributed by atoms with E-state index in [0.717, 1.165) is 22.6 Å². The van der Waals surface area contributed by atoms with Crippen LogP contribution in [0.3, 0.4) is 0 Å². The Morgan fingerprint density at radius 3 is 1.86 bits per heavy atom. The zero-order valence-electron chi connectivity index (χ0n) is 15.1. The monoisotopic (exact) mass is 368 g/mol. The topological polar surface area (TPSA) is 68.1 Å². The van der Waals surface area contributed by atoms with Gasteiger partial charge in [0.1, 0.15) is 5.57 Å². The molecule has 0 saturated heterocycles. The first-order valence-electron chi connectivity index (χ1n) is 8.72. The first-order valence-corrected chi connectivity index (χ1v) is 8.72. The predicted octanol–water partition coefficient (Wildman–Crippen LogP) is 3.43. The molecule has 4 rings (SSSR count). The molecule has 2 aromatic rings. The molecule has 5 heteroatoms. The van der Waals surface area contributed by atoms with Crippen molar-refractivity contribution < 1.29 is 14.3 Å². The molecule has 0 amide bonds. The largest absolute Gasteiger partial charge is 0.465 e. The third-order valence-electron chi connectivity index (χ3n) is 4.40. The van der Waals surface area contributed by atoms with Gasteiger partial charge >= 0.3 is 5.97 Å². The molecule has 1 aliphatic carbocycles. The lowest BCUT2D eigenvalue weighted by Gasteiger charge is -2.07. The summed E-state index contributed by atoms with van der Waals surface area (Å²) in [5.74, 6) is -0.624. The van der Waals surface area contributed by atoms with Crippen molar-refractivity contribution in [2.24, 2.45) is 9.98 Å². The van der Waals surface area contributed by atoms with Crippen LogP contribution in [-0.2, 0) is 14.3 Å². The molecule has 0 bridgehead atoms. The molecule has 0 unspecified atom stereocenters. The summed E-state index contributed by atoms with van der Waals surface area (Å²) in [4.78, 5) is 33.3. The zero-order valence-corrected chi connectivity index (χ0v) is 15.1. The smallest absolute Gasteiger partial charge is 0.341 e. The van der Waals surface area contributed by atoms with Crippen LogP contribution < -0.4 is 0 Å². The minimum Gasteiger partial charge on any atom is -0.465 e. The highest BCUT2D eigenvalue weighted by molar-refractivity contribution is 6.55. The quantitative estimate of drug-likeness (QED) is 0.616. The molecule has 0 N–H and O–H groups in total. The van der Waals surface area contributed by atoms with Crippen molar-refractivity contribution in [1.82, 2.24) is 0 Å². The van der Waals surface area contributed by atoms with Crippen molar-refractivity contribution in [1.29, 1.82) is 0 Å². The Hall–Kier alpha value is -3.86. The normalized spacial score (nSPS) is 15.9. The molecule has 1 aliphatic heterocycles.